The van der Waals surface area contributed by atoms with Gasteiger partial charge in [0, 0.05) is 18.8 Å². The number of hydrogen-bond donors (Lipinski definition) is 1. The van der Waals surface area contributed by atoms with Crippen LogP contribution in [0.3, 0.4) is 0 Å². The van der Waals surface area contributed by atoms with Gasteiger partial charge in [0.15, 0.2) is 6.61 Å². The lowest BCUT2D eigenvalue weighted by Gasteiger charge is -2.26. The Bertz CT molecular complexity index is 899. The predicted octanol–water partition coefficient (Wildman–Crippen LogP) is 2.38. The number of para-hydroxylation sites is 1. The first-order chi connectivity index (χ1) is 13.0. The van der Waals surface area contributed by atoms with Gasteiger partial charge in [0.05, 0.1) is 23.1 Å². The van der Waals surface area contributed by atoms with Crippen molar-refractivity contribution in [3.63, 3.8) is 0 Å². The summed E-state index contributed by atoms with van der Waals surface area (Å²) >= 11 is 6.15. The number of hydrogen-bond acceptors (Lipinski definition) is 5. The van der Waals surface area contributed by atoms with Crippen molar-refractivity contribution in [2.24, 2.45) is 0 Å². The largest absolute Gasteiger partial charge is 0.482 e. The standard InChI is InChI=1S/C18H19ClN2O5S/c19-16-12-15(27(23,24)21-8-10-25-11-9-21)6-7-17(16)26-13-18(22)20-14-4-2-1-3-5-14/h1-7,12H,8-11,13H2,(H,20,22). The lowest BCUT2D eigenvalue weighted by atomic mass is 10.3. The molecule has 0 aromatic heterocycles. The van der Waals surface area contributed by atoms with Crippen LogP contribution < -0.4 is 10.1 Å². The van der Waals surface area contributed by atoms with Crippen LogP contribution in [-0.4, -0.2) is 51.5 Å². The van der Waals surface area contributed by atoms with Crippen LogP contribution in [-0.2, 0) is 19.6 Å². The van der Waals surface area contributed by atoms with E-state index in [0.717, 1.165) is 0 Å². The van der Waals surface area contributed by atoms with E-state index in [9.17, 15) is 13.2 Å². The summed E-state index contributed by atoms with van der Waals surface area (Å²) in [6.45, 7) is 1.09. The highest BCUT2D eigenvalue weighted by molar-refractivity contribution is 7.89. The summed E-state index contributed by atoms with van der Waals surface area (Å²) in [7, 11) is -3.64. The Kier molecular flexibility index (Phi) is 6.33. The third kappa shape index (κ3) is 4.98. The summed E-state index contributed by atoms with van der Waals surface area (Å²) in [5, 5.41) is 2.81. The Morgan fingerprint density at radius 2 is 1.85 bits per heavy atom. The number of sulfonamides is 1. The lowest BCUT2D eigenvalue weighted by Crippen LogP contribution is -2.40. The normalized spacial score (nSPS) is 15.3. The predicted molar refractivity (Wildman–Crippen MR) is 102 cm³/mol. The highest BCUT2D eigenvalue weighted by Gasteiger charge is 2.27. The molecule has 3 rings (SSSR count). The first-order valence-corrected chi connectivity index (χ1v) is 10.1. The van der Waals surface area contributed by atoms with Crippen LogP contribution in [0.1, 0.15) is 0 Å². The number of carbonyl (C=O) groups is 1. The van der Waals surface area contributed by atoms with Crippen LogP contribution in [0.5, 0.6) is 5.75 Å². The van der Waals surface area contributed by atoms with E-state index in [-0.39, 0.29) is 28.2 Å². The maximum absolute atomic E-state index is 12.6. The number of rotatable bonds is 6. The second-order valence-corrected chi connectivity index (χ2v) is 8.16. The summed E-state index contributed by atoms with van der Waals surface area (Å²) in [6, 6.07) is 13.2. The highest BCUT2D eigenvalue weighted by atomic mass is 35.5. The van der Waals surface area contributed by atoms with Crippen LogP contribution in [0, 0.1) is 0 Å². The fourth-order valence-electron chi connectivity index (χ4n) is 2.56. The number of nitrogens with one attached hydrogen (secondary N) is 1. The third-order valence-corrected chi connectivity index (χ3v) is 6.12. The average molecular weight is 411 g/mol. The third-order valence-electron chi connectivity index (χ3n) is 3.93. The summed E-state index contributed by atoms with van der Waals surface area (Å²) < 4.78 is 37.2. The molecular weight excluding hydrogens is 392 g/mol. The van der Waals surface area contributed by atoms with E-state index in [4.69, 9.17) is 21.1 Å². The summed E-state index contributed by atoms with van der Waals surface area (Å²) in [5.74, 6) is -0.108. The molecule has 1 aliphatic rings. The number of halogens is 1. The minimum Gasteiger partial charge on any atom is -0.482 e. The molecule has 9 heteroatoms. The molecular formula is C18H19ClN2O5S. The molecule has 0 unspecified atom stereocenters. The van der Waals surface area contributed by atoms with E-state index in [2.05, 4.69) is 5.32 Å². The van der Waals surface area contributed by atoms with Gasteiger partial charge >= 0.3 is 0 Å². The van der Waals surface area contributed by atoms with Crippen molar-refractivity contribution in [2.45, 2.75) is 4.90 Å². The fourth-order valence-corrected chi connectivity index (χ4v) is 4.29. The molecule has 1 saturated heterocycles. The molecule has 1 N–H and O–H groups in total. The molecule has 0 saturated carbocycles. The summed E-state index contributed by atoms with van der Waals surface area (Å²) in [4.78, 5) is 12.0. The monoisotopic (exact) mass is 410 g/mol. The summed E-state index contributed by atoms with van der Waals surface area (Å²) in [5.41, 5.74) is 0.657. The number of benzene rings is 2. The van der Waals surface area contributed by atoms with Gasteiger partial charge in [-0.1, -0.05) is 29.8 Å². The van der Waals surface area contributed by atoms with Crippen LogP contribution in [0.25, 0.3) is 0 Å². The molecule has 7 nitrogen and oxygen atoms in total. The van der Waals surface area contributed by atoms with Gasteiger partial charge < -0.3 is 14.8 Å². The van der Waals surface area contributed by atoms with E-state index in [1.165, 1.54) is 22.5 Å². The van der Waals surface area contributed by atoms with Crippen molar-refractivity contribution in [2.75, 3.05) is 38.2 Å². The van der Waals surface area contributed by atoms with Crippen molar-refractivity contribution < 1.29 is 22.7 Å². The molecule has 2 aromatic carbocycles. The Labute approximate surface area is 162 Å². The average Bonchev–Trinajstić information content (AvgIpc) is 2.68. The zero-order valence-electron chi connectivity index (χ0n) is 14.4. The van der Waals surface area contributed by atoms with Crippen LogP contribution in [0.15, 0.2) is 53.4 Å². The Morgan fingerprint density at radius 3 is 2.52 bits per heavy atom. The number of nitrogens with zero attached hydrogens (tertiary/aromatic N) is 1. The van der Waals surface area contributed by atoms with Crippen molar-refractivity contribution in [1.82, 2.24) is 4.31 Å². The number of morpholine rings is 1. The molecule has 1 aliphatic heterocycles. The van der Waals surface area contributed by atoms with Gasteiger partial charge in [0.2, 0.25) is 10.0 Å². The molecule has 1 heterocycles. The van der Waals surface area contributed by atoms with Crippen molar-refractivity contribution in [3.05, 3.63) is 53.6 Å². The van der Waals surface area contributed by atoms with Gasteiger partial charge in [-0.15, -0.1) is 0 Å². The minimum absolute atomic E-state index is 0.0792. The van der Waals surface area contributed by atoms with E-state index < -0.39 is 10.0 Å². The van der Waals surface area contributed by atoms with Gasteiger partial charge in [-0.05, 0) is 30.3 Å². The number of amides is 1. The SMILES string of the molecule is O=C(COc1ccc(S(=O)(=O)N2CCOCC2)cc1Cl)Nc1ccccc1. The molecule has 144 valence electrons. The van der Waals surface area contributed by atoms with Crippen LogP contribution in [0.2, 0.25) is 5.02 Å². The number of carbonyl (C=O) groups excluding carboxylic acids is 1. The highest BCUT2D eigenvalue weighted by Crippen LogP contribution is 2.29. The topological polar surface area (TPSA) is 84.9 Å². The number of ether oxygens (including phenoxy) is 2. The first kappa shape index (κ1) is 19.6. The minimum atomic E-state index is -3.64. The van der Waals surface area contributed by atoms with E-state index in [0.29, 0.717) is 32.0 Å². The summed E-state index contributed by atoms with van der Waals surface area (Å²) in [6.07, 6.45) is 0. The molecule has 0 radical (unpaired) electrons. The maximum Gasteiger partial charge on any atom is 0.262 e. The molecule has 2 aromatic rings. The molecule has 1 amide bonds. The van der Waals surface area contributed by atoms with Gasteiger partial charge in [-0.3, -0.25) is 4.79 Å². The Balaban J connectivity index is 1.63. The number of anilines is 1. The molecule has 0 spiro atoms. The van der Waals surface area contributed by atoms with Crippen molar-refractivity contribution in [1.29, 1.82) is 0 Å². The second kappa shape index (κ2) is 8.71. The van der Waals surface area contributed by atoms with E-state index in [1.807, 2.05) is 6.07 Å². The van der Waals surface area contributed by atoms with Gasteiger partial charge in [-0.2, -0.15) is 4.31 Å². The molecule has 1 fully saturated rings. The Morgan fingerprint density at radius 1 is 1.15 bits per heavy atom. The molecule has 0 atom stereocenters. The van der Waals surface area contributed by atoms with Gasteiger partial charge in [0.25, 0.3) is 5.91 Å². The smallest absolute Gasteiger partial charge is 0.262 e. The fraction of sp³-hybridized carbons (Fsp3) is 0.278. The van der Waals surface area contributed by atoms with Crippen molar-refractivity contribution in [3.8, 4) is 5.75 Å². The molecule has 0 bridgehead atoms. The molecule has 0 aliphatic carbocycles. The second-order valence-electron chi connectivity index (χ2n) is 5.81. The van der Waals surface area contributed by atoms with Gasteiger partial charge in [-0.25, -0.2) is 8.42 Å². The molecule has 27 heavy (non-hydrogen) atoms. The van der Waals surface area contributed by atoms with E-state index in [1.54, 1.807) is 24.3 Å². The van der Waals surface area contributed by atoms with E-state index >= 15 is 0 Å². The van der Waals surface area contributed by atoms with Gasteiger partial charge in [0.1, 0.15) is 5.75 Å². The quantitative estimate of drug-likeness (QED) is 0.790. The first-order valence-electron chi connectivity index (χ1n) is 8.32. The lowest BCUT2D eigenvalue weighted by molar-refractivity contribution is -0.118. The Hall–Kier alpha value is -2.13. The zero-order valence-corrected chi connectivity index (χ0v) is 16.0. The maximum atomic E-state index is 12.6. The van der Waals surface area contributed by atoms with Crippen LogP contribution >= 0.6 is 11.6 Å². The van der Waals surface area contributed by atoms with Crippen molar-refractivity contribution >= 4 is 33.2 Å². The zero-order chi connectivity index (χ0) is 19.3. The van der Waals surface area contributed by atoms with Crippen LogP contribution in [0.4, 0.5) is 5.69 Å².